The summed E-state index contributed by atoms with van der Waals surface area (Å²) in [4.78, 5) is 8.71. The Bertz CT molecular complexity index is 449. The Hall–Kier alpha value is -1.31. The maximum atomic E-state index is 8.94. The molecule has 0 N–H and O–H groups in total. The summed E-state index contributed by atoms with van der Waals surface area (Å²) in [7, 11) is 1.96. The van der Waals surface area contributed by atoms with Crippen molar-refractivity contribution in [2.24, 2.45) is 0 Å². The van der Waals surface area contributed by atoms with Gasteiger partial charge in [-0.15, -0.1) is 0 Å². The van der Waals surface area contributed by atoms with E-state index in [1.54, 1.807) is 12.3 Å². The third kappa shape index (κ3) is 2.92. The SMILES string of the molecule is CN(CCN1CCCC1)c1nccc(C#N)c1Cl. The van der Waals surface area contributed by atoms with Crippen molar-refractivity contribution in [2.75, 3.05) is 38.1 Å². The molecule has 1 aliphatic rings. The van der Waals surface area contributed by atoms with Crippen molar-refractivity contribution in [1.82, 2.24) is 9.88 Å². The number of anilines is 1. The number of rotatable bonds is 4. The van der Waals surface area contributed by atoms with Crippen molar-refractivity contribution in [3.63, 3.8) is 0 Å². The molecule has 0 unspecified atom stereocenters. The van der Waals surface area contributed by atoms with E-state index in [-0.39, 0.29) is 0 Å². The number of halogens is 1. The largest absolute Gasteiger partial charge is 0.357 e. The average molecular weight is 265 g/mol. The Labute approximate surface area is 113 Å². The molecule has 2 rings (SSSR count). The Morgan fingerprint density at radius 1 is 1.50 bits per heavy atom. The lowest BCUT2D eigenvalue weighted by Gasteiger charge is -2.23. The first-order valence-electron chi connectivity index (χ1n) is 6.20. The predicted molar refractivity (Wildman–Crippen MR) is 72.9 cm³/mol. The molecule has 1 aliphatic heterocycles. The monoisotopic (exact) mass is 264 g/mol. The van der Waals surface area contributed by atoms with E-state index >= 15 is 0 Å². The van der Waals surface area contributed by atoms with Gasteiger partial charge in [0.1, 0.15) is 16.9 Å². The molecule has 2 heterocycles. The Balaban J connectivity index is 2.00. The van der Waals surface area contributed by atoms with Crippen LogP contribution in [0.4, 0.5) is 5.82 Å². The number of aromatic nitrogens is 1. The van der Waals surface area contributed by atoms with E-state index < -0.39 is 0 Å². The molecule has 0 bridgehead atoms. The highest BCUT2D eigenvalue weighted by Gasteiger charge is 2.15. The standard InChI is InChI=1S/C13H17ClN4/c1-17(8-9-18-6-2-3-7-18)13-12(14)11(10-15)4-5-16-13/h4-5H,2-3,6-9H2,1H3. The van der Waals surface area contributed by atoms with Gasteiger partial charge in [-0.2, -0.15) is 5.26 Å². The fraction of sp³-hybridized carbons (Fsp3) is 0.538. The normalized spacial score (nSPS) is 15.6. The topological polar surface area (TPSA) is 43.2 Å². The van der Waals surface area contributed by atoms with Crippen LogP contribution in [0.25, 0.3) is 0 Å². The highest BCUT2D eigenvalue weighted by Crippen LogP contribution is 2.25. The van der Waals surface area contributed by atoms with Gasteiger partial charge in [0, 0.05) is 26.3 Å². The molecule has 0 aromatic carbocycles. The third-order valence-corrected chi connectivity index (χ3v) is 3.68. The van der Waals surface area contributed by atoms with Crippen LogP contribution < -0.4 is 4.90 Å². The summed E-state index contributed by atoms with van der Waals surface area (Å²) in [5, 5.41) is 9.39. The number of nitriles is 1. The second-order valence-electron chi connectivity index (χ2n) is 4.58. The number of pyridine rings is 1. The zero-order valence-corrected chi connectivity index (χ0v) is 11.3. The zero-order chi connectivity index (χ0) is 13.0. The van der Waals surface area contributed by atoms with Gasteiger partial charge in [-0.25, -0.2) is 4.98 Å². The molecule has 0 radical (unpaired) electrons. The van der Waals surface area contributed by atoms with Crippen LogP contribution in [-0.4, -0.2) is 43.1 Å². The second kappa shape index (κ2) is 6.03. The summed E-state index contributed by atoms with van der Waals surface area (Å²) in [5.41, 5.74) is 0.481. The minimum absolute atomic E-state index is 0.448. The van der Waals surface area contributed by atoms with Crippen molar-refractivity contribution in [2.45, 2.75) is 12.8 Å². The molecule has 0 atom stereocenters. The molecule has 0 saturated carbocycles. The van der Waals surface area contributed by atoms with Crippen molar-refractivity contribution >= 4 is 17.4 Å². The minimum Gasteiger partial charge on any atom is -0.357 e. The fourth-order valence-corrected chi connectivity index (χ4v) is 2.49. The quantitative estimate of drug-likeness (QED) is 0.836. The van der Waals surface area contributed by atoms with Gasteiger partial charge in [-0.3, -0.25) is 0 Å². The molecule has 1 saturated heterocycles. The first-order valence-corrected chi connectivity index (χ1v) is 6.58. The second-order valence-corrected chi connectivity index (χ2v) is 4.96. The van der Waals surface area contributed by atoms with E-state index in [1.807, 2.05) is 11.9 Å². The van der Waals surface area contributed by atoms with Gasteiger partial charge >= 0.3 is 0 Å². The van der Waals surface area contributed by atoms with E-state index in [2.05, 4.69) is 16.0 Å². The zero-order valence-electron chi connectivity index (χ0n) is 10.6. The van der Waals surface area contributed by atoms with Gasteiger partial charge in [-0.05, 0) is 32.0 Å². The van der Waals surface area contributed by atoms with Crippen LogP contribution >= 0.6 is 11.6 Å². The number of likely N-dealkylation sites (N-methyl/N-ethyl adjacent to an activating group) is 1. The summed E-state index contributed by atoms with van der Waals surface area (Å²) < 4.78 is 0. The van der Waals surface area contributed by atoms with Crippen molar-refractivity contribution in [3.8, 4) is 6.07 Å². The molecule has 0 spiro atoms. The fourth-order valence-electron chi connectivity index (χ4n) is 2.19. The van der Waals surface area contributed by atoms with Crippen LogP contribution in [0, 0.1) is 11.3 Å². The van der Waals surface area contributed by atoms with Crippen LogP contribution in [0.15, 0.2) is 12.3 Å². The summed E-state index contributed by atoms with van der Waals surface area (Å²) in [6.07, 6.45) is 4.23. The first-order chi connectivity index (χ1) is 8.72. The maximum Gasteiger partial charge on any atom is 0.148 e. The number of hydrogen-bond acceptors (Lipinski definition) is 4. The molecule has 1 fully saturated rings. The van der Waals surface area contributed by atoms with E-state index in [9.17, 15) is 0 Å². The molecule has 4 nitrogen and oxygen atoms in total. The molecule has 0 aliphatic carbocycles. The van der Waals surface area contributed by atoms with Crippen molar-refractivity contribution in [3.05, 3.63) is 22.8 Å². The highest BCUT2D eigenvalue weighted by molar-refractivity contribution is 6.34. The Morgan fingerprint density at radius 2 is 2.22 bits per heavy atom. The van der Waals surface area contributed by atoms with Gasteiger partial charge in [0.05, 0.1) is 5.56 Å². The summed E-state index contributed by atoms with van der Waals surface area (Å²) in [5.74, 6) is 0.690. The van der Waals surface area contributed by atoms with Crippen LogP contribution in [0.2, 0.25) is 5.02 Å². The first kappa shape index (κ1) is 13.1. The number of likely N-dealkylation sites (tertiary alicyclic amines) is 1. The van der Waals surface area contributed by atoms with E-state index in [0.29, 0.717) is 16.4 Å². The lowest BCUT2D eigenvalue weighted by atomic mass is 10.3. The van der Waals surface area contributed by atoms with Crippen LogP contribution in [0.1, 0.15) is 18.4 Å². The molecule has 1 aromatic rings. The summed E-state index contributed by atoms with van der Waals surface area (Å²) in [6, 6.07) is 3.72. The van der Waals surface area contributed by atoms with Crippen LogP contribution in [0.5, 0.6) is 0 Å². The summed E-state index contributed by atoms with van der Waals surface area (Å²) >= 11 is 6.16. The van der Waals surface area contributed by atoms with E-state index in [4.69, 9.17) is 16.9 Å². The lowest BCUT2D eigenvalue weighted by Crippen LogP contribution is -2.32. The molecule has 18 heavy (non-hydrogen) atoms. The highest BCUT2D eigenvalue weighted by atomic mass is 35.5. The van der Waals surface area contributed by atoms with Gasteiger partial charge in [0.15, 0.2) is 0 Å². The third-order valence-electron chi connectivity index (χ3n) is 3.30. The lowest BCUT2D eigenvalue weighted by molar-refractivity contribution is 0.346. The molecule has 5 heteroatoms. The van der Waals surface area contributed by atoms with Crippen LogP contribution in [0.3, 0.4) is 0 Å². The number of hydrogen-bond donors (Lipinski definition) is 0. The van der Waals surface area contributed by atoms with Crippen molar-refractivity contribution in [1.29, 1.82) is 5.26 Å². The Morgan fingerprint density at radius 3 is 2.89 bits per heavy atom. The molecule has 96 valence electrons. The maximum absolute atomic E-state index is 8.94. The number of nitrogens with zero attached hydrogens (tertiary/aromatic N) is 4. The molecule has 1 aromatic heterocycles. The van der Waals surface area contributed by atoms with Crippen LogP contribution in [-0.2, 0) is 0 Å². The average Bonchev–Trinajstić information content (AvgIpc) is 2.89. The molecular formula is C13H17ClN4. The molecule has 0 amide bonds. The predicted octanol–water partition coefficient (Wildman–Crippen LogP) is 2.14. The Kier molecular flexibility index (Phi) is 4.40. The minimum atomic E-state index is 0.448. The summed E-state index contributed by atoms with van der Waals surface area (Å²) in [6.45, 7) is 4.27. The van der Waals surface area contributed by atoms with Gasteiger partial charge in [0.25, 0.3) is 0 Å². The van der Waals surface area contributed by atoms with E-state index in [1.165, 1.54) is 25.9 Å². The van der Waals surface area contributed by atoms with Gasteiger partial charge < -0.3 is 9.80 Å². The molecular weight excluding hydrogens is 248 g/mol. The van der Waals surface area contributed by atoms with Gasteiger partial charge in [-0.1, -0.05) is 11.6 Å². The smallest absolute Gasteiger partial charge is 0.148 e. The van der Waals surface area contributed by atoms with Crippen molar-refractivity contribution < 1.29 is 0 Å². The van der Waals surface area contributed by atoms with E-state index in [0.717, 1.165) is 13.1 Å². The van der Waals surface area contributed by atoms with Gasteiger partial charge in [0.2, 0.25) is 0 Å².